The van der Waals surface area contributed by atoms with Crippen LogP contribution in [0.3, 0.4) is 0 Å². The second-order valence-electron chi connectivity index (χ2n) is 4.43. The number of pyridine rings is 1. The van der Waals surface area contributed by atoms with Crippen molar-refractivity contribution < 1.29 is 13.9 Å². The number of halogens is 1. The number of carbonyl (C=O) groups is 1. The number of aromatic nitrogens is 1. The molecule has 0 radical (unpaired) electrons. The SMILES string of the molecule is CN(CCOc1ccccc1F)C(=O)c1cccc(=O)[nH]1. The summed E-state index contributed by atoms with van der Waals surface area (Å²) >= 11 is 0. The van der Waals surface area contributed by atoms with Gasteiger partial charge in [0.25, 0.3) is 5.91 Å². The molecule has 0 unspecified atom stereocenters. The maximum atomic E-state index is 13.3. The Morgan fingerprint density at radius 1 is 1.24 bits per heavy atom. The van der Waals surface area contributed by atoms with Crippen molar-refractivity contribution in [2.24, 2.45) is 0 Å². The highest BCUT2D eigenvalue weighted by molar-refractivity contribution is 5.91. The molecular formula is C15H15FN2O3. The zero-order valence-corrected chi connectivity index (χ0v) is 11.5. The fraction of sp³-hybridized carbons (Fsp3) is 0.200. The Morgan fingerprint density at radius 2 is 2.00 bits per heavy atom. The number of para-hydroxylation sites is 1. The number of ether oxygens (including phenoxy) is 1. The summed E-state index contributed by atoms with van der Waals surface area (Å²) in [5.74, 6) is -0.629. The van der Waals surface area contributed by atoms with Crippen molar-refractivity contribution in [3.8, 4) is 5.75 Å². The topological polar surface area (TPSA) is 62.4 Å². The van der Waals surface area contributed by atoms with Gasteiger partial charge in [0.2, 0.25) is 5.56 Å². The Bertz CT molecular complexity index is 684. The van der Waals surface area contributed by atoms with E-state index < -0.39 is 5.82 Å². The number of nitrogens with one attached hydrogen (secondary N) is 1. The zero-order valence-electron chi connectivity index (χ0n) is 11.5. The van der Waals surface area contributed by atoms with Gasteiger partial charge in [0.15, 0.2) is 11.6 Å². The van der Waals surface area contributed by atoms with Crippen LogP contribution in [0.1, 0.15) is 10.5 Å². The van der Waals surface area contributed by atoms with Crippen LogP contribution < -0.4 is 10.3 Å². The van der Waals surface area contributed by atoms with E-state index in [9.17, 15) is 14.0 Å². The molecule has 0 atom stereocenters. The van der Waals surface area contributed by atoms with Crippen LogP contribution in [0.15, 0.2) is 47.3 Å². The molecule has 0 saturated carbocycles. The molecule has 110 valence electrons. The van der Waals surface area contributed by atoms with E-state index in [1.807, 2.05) is 0 Å². The van der Waals surface area contributed by atoms with Crippen molar-refractivity contribution in [3.63, 3.8) is 0 Å². The van der Waals surface area contributed by atoms with E-state index >= 15 is 0 Å². The Morgan fingerprint density at radius 3 is 2.71 bits per heavy atom. The maximum Gasteiger partial charge on any atom is 0.270 e. The Balaban J connectivity index is 1.90. The molecule has 21 heavy (non-hydrogen) atoms. The molecule has 0 bridgehead atoms. The van der Waals surface area contributed by atoms with Crippen LogP contribution in [-0.2, 0) is 0 Å². The molecule has 0 aliphatic carbocycles. The van der Waals surface area contributed by atoms with Gasteiger partial charge in [-0.25, -0.2) is 4.39 Å². The summed E-state index contributed by atoms with van der Waals surface area (Å²) in [5, 5.41) is 0. The first-order valence-corrected chi connectivity index (χ1v) is 6.40. The van der Waals surface area contributed by atoms with Crippen LogP contribution in [0.25, 0.3) is 0 Å². The molecule has 1 aromatic heterocycles. The number of H-pyrrole nitrogens is 1. The summed E-state index contributed by atoms with van der Waals surface area (Å²) in [6.45, 7) is 0.421. The standard InChI is InChI=1S/C15H15FN2O3/c1-18(15(20)12-6-4-8-14(19)17-12)9-10-21-13-7-3-2-5-11(13)16/h2-8H,9-10H2,1H3,(H,17,19). The molecule has 1 heterocycles. The maximum absolute atomic E-state index is 13.3. The van der Waals surface area contributed by atoms with Crippen molar-refractivity contribution in [3.05, 3.63) is 64.3 Å². The lowest BCUT2D eigenvalue weighted by Gasteiger charge is -2.17. The van der Waals surface area contributed by atoms with E-state index in [2.05, 4.69) is 4.98 Å². The van der Waals surface area contributed by atoms with Gasteiger partial charge >= 0.3 is 0 Å². The predicted octanol–water partition coefficient (Wildman–Crippen LogP) is 1.66. The number of likely N-dealkylation sites (N-methyl/N-ethyl adjacent to an activating group) is 1. The summed E-state index contributed by atoms with van der Waals surface area (Å²) < 4.78 is 18.6. The molecule has 0 saturated heterocycles. The molecule has 2 aromatic rings. The van der Waals surface area contributed by atoms with Gasteiger partial charge in [-0.05, 0) is 18.2 Å². The van der Waals surface area contributed by atoms with E-state index in [4.69, 9.17) is 4.74 Å². The van der Waals surface area contributed by atoms with Crippen molar-refractivity contribution in [1.29, 1.82) is 0 Å². The third-order valence-corrected chi connectivity index (χ3v) is 2.87. The Hall–Kier alpha value is -2.63. The average Bonchev–Trinajstić information content (AvgIpc) is 2.48. The van der Waals surface area contributed by atoms with Crippen LogP contribution in [0.2, 0.25) is 0 Å². The molecule has 0 aliphatic heterocycles. The second kappa shape index (κ2) is 6.69. The monoisotopic (exact) mass is 290 g/mol. The summed E-state index contributed by atoms with van der Waals surface area (Å²) in [6.07, 6.45) is 0. The molecule has 6 heteroatoms. The van der Waals surface area contributed by atoms with Gasteiger partial charge in [0.05, 0.1) is 6.54 Å². The first-order chi connectivity index (χ1) is 10.1. The van der Waals surface area contributed by atoms with Gasteiger partial charge < -0.3 is 14.6 Å². The van der Waals surface area contributed by atoms with E-state index in [-0.39, 0.29) is 36.1 Å². The number of carbonyl (C=O) groups excluding carboxylic acids is 1. The lowest BCUT2D eigenvalue weighted by Crippen LogP contribution is -2.32. The van der Waals surface area contributed by atoms with Gasteiger partial charge in [-0.2, -0.15) is 0 Å². The lowest BCUT2D eigenvalue weighted by atomic mass is 10.3. The molecule has 0 aliphatic rings. The summed E-state index contributed by atoms with van der Waals surface area (Å²) in [5.41, 5.74) is -0.132. The summed E-state index contributed by atoms with van der Waals surface area (Å²) in [4.78, 5) is 27.0. The molecule has 0 fully saturated rings. The number of nitrogens with zero attached hydrogens (tertiary/aromatic N) is 1. The van der Waals surface area contributed by atoms with E-state index in [0.29, 0.717) is 0 Å². The second-order valence-corrected chi connectivity index (χ2v) is 4.43. The van der Waals surface area contributed by atoms with Crippen molar-refractivity contribution in [2.45, 2.75) is 0 Å². The number of aromatic amines is 1. The molecule has 5 nitrogen and oxygen atoms in total. The quantitative estimate of drug-likeness (QED) is 0.911. The van der Waals surface area contributed by atoms with Crippen molar-refractivity contribution in [1.82, 2.24) is 9.88 Å². The van der Waals surface area contributed by atoms with Crippen LogP contribution in [-0.4, -0.2) is 36.0 Å². The molecular weight excluding hydrogens is 275 g/mol. The van der Waals surface area contributed by atoms with Gasteiger partial charge in [0.1, 0.15) is 12.3 Å². The minimum atomic E-state index is -0.445. The highest BCUT2D eigenvalue weighted by Crippen LogP contribution is 2.15. The number of benzene rings is 1. The van der Waals surface area contributed by atoms with Crippen LogP contribution >= 0.6 is 0 Å². The van der Waals surface area contributed by atoms with E-state index in [0.717, 1.165) is 0 Å². The normalized spacial score (nSPS) is 10.2. The van der Waals surface area contributed by atoms with Gasteiger partial charge in [-0.3, -0.25) is 9.59 Å². The van der Waals surface area contributed by atoms with Crippen LogP contribution in [0.4, 0.5) is 4.39 Å². The molecule has 1 amide bonds. The van der Waals surface area contributed by atoms with E-state index in [1.54, 1.807) is 19.2 Å². The molecule has 2 rings (SSSR count). The van der Waals surface area contributed by atoms with Gasteiger partial charge in [-0.1, -0.05) is 18.2 Å². The van der Waals surface area contributed by atoms with Crippen LogP contribution in [0, 0.1) is 5.82 Å². The minimum Gasteiger partial charge on any atom is -0.489 e. The summed E-state index contributed by atoms with van der Waals surface area (Å²) in [6, 6.07) is 10.4. The lowest BCUT2D eigenvalue weighted by molar-refractivity contribution is 0.0767. The predicted molar refractivity (Wildman–Crippen MR) is 75.9 cm³/mol. The largest absolute Gasteiger partial charge is 0.489 e. The first kappa shape index (κ1) is 14.8. The highest BCUT2D eigenvalue weighted by Gasteiger charge is 2.12. The minimum absolute atomic E-state index is 0.145. The molecule has 1 N–H and O–H groups in total. The number of hydrogen-bond donors (Lipinski definition) is 1. The van der Waals surface area contributed by atoms with Gasteiger partial charge in [-0.15, -0.1) is 0 Å². The number of amides is 1. The third-order valence-electron chi connectivity index (χ3n) is 2.87. The van der Waals surface area contributed by atoms with Crippen molar-refractivity contribution in [2.75, 3.05) is 20.2 Å². The molecule has 0 spiro atoms. The van der Waals surface area contributed by atoms with E-state index in [1.165, 1.54) is 35.2 Å². The first-order valence-electron chi connectivity index (χ1n) is 6.40. The zero-order chi connectivity index (χ0) is 15.2. The Labute approximate surface area is 121 Å². The third kappa shape index (κ3) is 3.92. The average molecular weight is 290 g/mol. The fourth-order valence-corrected chi connectivity index (χ4v) is 1.73. The van der Waals surface area contributed by atoms with Gasteiger partial charge in [0, 0.05) is 13.1 Å². The number of hydrogen-bond acceptors (Lipinski definition) is 3. The number of rotatable bonds is 5. The summed E-state index contributed by atoms with van der Waals surface area (Å²) in [7, 11) is 1.58. The highest BCUT2D eigenvalue weighted by atomic mass is 19.1. The molecule has 1 aromatic carbocycles. The smallest absolute Gasteiger partial charge is 0.270 e. The van der Waals surface area contributed by atoms with Crippen molar-refractivity contribution >= 4 is 5.91 Å². The van der Waals surface area contributed by atoms with Crippen LogP contribution in [0.5, 0.6) is 5.75 Å². The fourth-order valence-electron chi connectivity index (χ4n) is 1.73. The Kier molecular flexibility index (Phi) is 4.71.